The molecule has 17 heavy (non-hydrogen) atoms. The molecule has 0 saturated heterocycles. The predicted molar refractivity (Wildman–Crippen MR) is 73.6 cm³/mol. The van der Waals surface area contributed by atoms with Gasteiger partial charge in [0.1, 0.15) is 4.88 Å². The molecule has 0 spiro atoms. The molecule has 0 aromatic carbocycles. The van der Waals surface area contributed by atoms with Crippen LogP contribution in [0.1, 0.15) is 48.2 Å². The molecule has 1 heterocycles. The van der Waals surface area contributed by atoms with Gasteiger partial charge in [-0.1, -0.05) is 17.2 Å². The van der Waals surface area contributed by atoms with Crippen LogP contribution in [-0.4, -0.2) is 11.1 Å². The maximum atomic E-state index is 10.7. The van der Waals surface area contributed by atoms with Gasteiger partial charge in [0.25, 0.3) is 0 Å². The minimum absolute atomic E-state index is 0.397. The second kappa shape index (κ2) is 6.40. The van der Waals surface area contributed by atoms with E-state index in [0.29, 0.717) is 4.88 Å². The van der Waals surface area contributed by atoms with E-state index in [0.717, 1.165) is 17.7 Å². The van der Waals surface area contributed by atoms with Crippen molar-refractivity contribution < 1.29 is 9.90 Å². The van der Waals surface area contributed by atoms with E-state index in [1.807, 2.05) is 6.07 Å². The standard InChI is InChI=1S/C14H18O2S/c1-10(2)5-4-6-11(3)9-12-7-8-13(17-12)14(15)16/h5,7-9H,4,6H2,1-3H3,(H,15,16). The first kappa shape index (κ1) is 13.7. The van der Waals surface area contributed by atoms with Crippen LogP contribution in [0.2, 0.25) is 0 Å². The Bertz CT molecular complexity index is 449. The number of carboxylic acid groups (broad SMARTS) is 1. The van der Waals surface area contributed by atoms with E-state index in [4.69, 9.17) is 5.11 Å². The van der Waals surface area contributed by atoms with E-state index in [-0.39, 0.29) is 0 Å². The molecule has 0 unspecified atom stereocenters. The Morgan fingerprint density at radius 3 is 2.59 bits per heavy atom. The number of thiophene rings is 1. The van der Waals surface area contributed by atoms with Crippen molar-refractivity contribution in [2.75, 3.05) is 0 Å². The van der Waals surface area contributed by atoms with Crippen LogP contribution in [-0.2, 0) is 0 Å². The van der Waals surface area contributed by atoms with Crippen molar-refractivity contribution in [3.05, 3.63) is 39.1 Å². The van der Waals surface area contributed by atoms with Crippen molar-refractivity contribution in [2.24, 2.45) is 0 Å². The van der Waals surface area contributed by atoms with E-state index < -0.39 is 5.97 Å². The molecule has 1 aromatic heterocycles. The number of allylic oxidation sites excluding steroid dienone is 3. The fourth-order valence-electron chi connectivity index (χ4n) is 1.45. The number of carbonyl (C=O) groups is 1. The minimum atomic E-state index is -0.850. The largest absolute Gasteiger partial charge is 0.477 e. The average Bonchev–Trinajstić information content (AvgIpc) is 2.65. The molecule has 0 aliphatic rings. The van der Waals surface area contributed by atoms with Gasteiger partial charge in [0, 0.05) is 4.88 Å². The van der Waals surface area contributed by atoms with Gasteiger partial charge in [0.2, 0.25) is 0 Å². The lowest BCUT2D eigenvalue weighted by Gasteiger charge is -1.97. The topological polar surface area (TPSA) is 37.3 Å². The zero-order chi connectivity index (χ0) is 12.8. The third kappa shape index (κ3) is 5.00. The Kier molecular flexibility index (Phi) is 5.16. The van der Waals surface area contributed by atoms with Crippen LogP contribution in [0.25, 0.3) is 6.08 Å². The summed E-state index contributed by atoms with van der Waals surface area (Å²) in [6.07, 6.45) is 6.34. The maximum absolute atomic E-state index is 10.7. The second-order valence-corrected chi connectivity index (χ2v) is 5.43. The van der Waals surface area contributed by atoms with Gasteiger partial charge in [-0.2, -0.15) is 0 Å². The van der Waals surface area contributed by atoms with Gasteiger partial charge in [-0.3, -0.25) is 0 Å². The molecule has 1 aromatic rings. The SMILES string of the molecule is CC(C)=CCCC(C)=Cc1ccc(C(=O)O)s1. The van der Waals surface area contributed by atoms with E-state index >= 15 is 0 Å². The highest BCUT2D eigenvalue weighted by molar-refractivity contribution is 7.14. The summed E-state index contributed by atoms with van der Waals surface area (Å²) in [6.45, 7) is 6.27. The molecule has 3 heteroatoms. The molecule has 0 aliphatic heterocycles. The van der Waals surface area contributed by atoms with Crippen LogP contribution >= 0.6 is 11.3 Å². The van der Waals surface area contributed by atoms with Crippen LogP contribution in [0.4, 0.5) is 0 Å². The first-order chi connectivity index (χ1) is 7.99. The number of hydrogen-bond acceptors (Lipinski definition) is 2. The molecule has 1 rings (SSSR count). The maximum Gasteiger partial charge on any atom is 0.345 e. The highest BCUT2D eigenvalue weighted by Gasteiger charge is 2.05. The first-order valence-electron chi connectivity index (χ1n) is 5.62. The number of carboxylic acids is 1. The molecule has 0 atom stereocenters. The third-order valence-corrected chi connectivity index (χ3v) is 3.34. The third-order valence-electron chi connectivity index (χ3n) is 2.32. The zero-order valence-corrected chi connectivity index (χ0v) is 11.3. The molecule has 0 bridgehead atoms. The summed E-state index contributed by atoms with van der Waals surface area (Å²) >= 11 is 1.32. The van der Waals surface area contributed by atoms with Crippen molar-refractivity contribution in [3.8, 4) is 0 Å². The molecule has 2 nitrogen and oxygen atoms in total. The fourth-order valence-corrected chi connectivity index (χ4v) is 2.32. The Morgan fingerprint density at radius 1 is 1.35 bits per heavy atom. The van der Waals surface area contributed by atoms with E-state index in [9.17, 15) is 4.79 Å². The quantitative estimate of drug-likeness (QED) is 0.776. The summed E-state index contributed by atoms with van der Waals surface area (Å²) in [5.41, 5.74) is 2.61. The Morgan fingerprint density at radius 2 is 2.06 bits per heavy atom. The molecule has 0 saturated carbocycles. The summed E-state index contributed by atoms with van der Waals surface area (Å²) in [5.74, 6) is -0.850. The van der Waals surface area contributed by atoms with Gasteiger partial charge in [-0.15, -0.1) is 11.3 Å². The summed E-state index contributed by atoms with van der Waals surface area (Å²) < 4.78 is 0. The molecule has 0 aliphatic carbocycles. The Labute approximate surface area is 106 Å². The molecular formula is C14H18O2S. The van der Waals surface area contributed by atoms with Crippen molar-refractivity contribution in [2.45, 2.75) is 33.6 Å². The predicted octanol–water partition coefficient (Wildman–Crippen LogP) is 4.60. The smallest absolute Gasteiger partial charge is 0.345 e. The summed E-state index contributed by atoms with van der Waals surface area (Å²) in [5, 5.41) is 8.82. The number of rotatable bonds is 5. The van der Waals surface area contributed by atoms with Crippen LogP contribution in [0, 0.1) is 0 Å². The van der Waals surface area contributed by atoms with Gasteiger partial charge in [-0.25, -0.2) is 4.79 Å². The highest BCUT2D eigenvalue weighted by atomic mass is 32.1. The number of hydrogen-bond donors (Lipinski definition) is 1. The average molecular weight is 250 g/mol. The molecular weight excluding hydrogens is 232 g/mol. The Hall–Kier alpha value is -1.35. The lowest BCUT2D eigenvalue weighted by atomic mass is 10.1. The van der Waals surface area contributed by atoms with E-state index in [1.54, 1.807) is 6.07 Å². The minimum Gasteiger partial charge on any atom is -0.477 e. The molecule has 0 radical (unpaired) electrons. The van der Waals surface area contributed by atoms with Crippen molar-refractivity contribution in [3.63, 3.8) is 0 Å². The lowest BCUT2D eigenvalue weighted by Crippen LogP contribution is -1.89. The van der Waals surface area contributed by atoms with Crippen LogP contribution in [0.3, 0.4) is 0 Å². The summed E-state index contributed by atoms with van der Waals surface area (Å²) in [6, 6.07) is 3.51. The molecule has 92 valence electrons. The first-order valence-corrected chi connectivity index (χ1v) is 6.44. The normalized spacial score (nSPS) is 11.4. The van der Waals surface area contributed by atoms with Crippen molar-refractivity contribution in [1.82, 2.24) is 0 Å². The monoisotopic (exact) mass is 250 g/mol. The lowest BCUT2D eigenvalue weighted by molar-refractivity contribution is 0.0702. The van der Waals surface area contributed by atoms with Gasteiger partial charge in [-0.05, 0) is 51.8 Å². The van der Waals surface area contributed by atoms with Gasteiger partial charge >= 0.3 is 5.97 Å². The molecule has 0 amide bonds. The van der Waals surface area contributed by atoms with Gasteiger partial charge in [0.05, 0.1) is 0 Å². The van der Waals surface area contributed by atoms with Crippen molar-refractivity contribution >= 4 is 23.4 Å². The van der Waals surface area contributed by atoms with Crippen LogP contribution in [0.5, 0.6) is 0 Å². The van der Waals surface area contributed by atoms with Crippen molar-refractivity contribution in [1.29, 1.82) is 0 Å². The van der Waals surface area contributed by atoms with Gasteiger partial charge < -0.3 is 5.11 Å². The van der Waals surface area contributed by atoms with Gasteiger partial charge in [0.15, 0.2) is 0 Å². The zero-order valence-electron chi connectivity index (χ0n) is 10.5. The second-order valence-electron chi connectivity index (χ2n) is 4.32. The van der Waals surface area contributed by atoms with E-state index in [2.05, 4.69) is 32.9 Å². The van der Waals surface area contributed by atoms with E-state index in [1.165, 1.54) is 22.5 Å². The molecule has 0 fully saturated rings. The Balaban J connectivity index is 2.61. The highest BCUT2D eigenvalue weighted by Crippen LogP contribution is 2.20. The van der Waals surface area contributed by atoms with Crippen LogP contribution < -0.4 is 0 Å². The fraction of sp³-hybridized carbons (Fsp3) is 0.357. The van der Waals surface area contributed by atoms with Crippen LogP contribution in [0.15, 0.2) is 29.4 Å². The summed E-state index contributed by atoms with van der Waals surface area (Å²) in [4.78, 5) is 12.1. The number of aromatic carboxylic acids is 1. The molecule has 1 N–H and O–H groups in total. The summed E-state index contributed by atoms with van der Waals surface area (Å²) in [7, 11) is 0.